The lowest BCUT2D eigenvalue weighted by Gasteiger charge is -2.03. The van der Waals surface area contributed by atoms with E-state index in [0.29, 0.717) is 5.57 Å². The SMILES string of the molecule is CC(=O)OCC(=C=C(C)c1ccccc1)CO. The van der Waals surface area contributed by atoms with Gasteiger partial charge in [0.25, 0.3) is 0 Å². The summed E-state index contributed by atoms with van der Waals surface area (Å²) >= 11 is 0. The minimum atomic E-state index is -0.366. The Morgan fingerprint density at radius 1 is 1.29 bits per heavy atom. The van der Waals surface area contributed by atoms with E-state index in [1.807, 2.05) is 37.3 Å². The number of carbonyl (C=O) groups excluding carboxylic acids is 1. The summed E-state index contributed by atoms with van der Waals surface area (Å²) in [5.41, 5.74) is 5.53. The van der Waals surface area contributed by atoms with Gasteiger partial charge in [-0.15, -0.1) is 5.73 Å². The first kappa shape index (κ1) is 13.2. The molecule has 3 nitrogen and oxygen atoms in total. The van der Waals surface area contributed by atoms with Gasteiger partial charge in [0.05, 0.1) is 6.61 Å². The van der Waals surface area contributed by atoms with E-state index in [4.69, 9.17) is 9.84 Å². The van der Waals surface area contributed by atoms with Crippen molar-refractivity contribution in [2.75, 3.05) is 13.2 Å². The Morgan fingerprint density at radius 3 is 2.47 bits per heavy atom. The molecule has 0 unspecified atom stereocenters. The van der Waals surface area contributed by atoms with Crippen LogP contribution in [-0.2, 0) is 9.53 Å². The molecule has 0 aliphatic heterocycles. The first-order chi connectivity index (χ1) is 8.13. The van der Waals surface area contributed by atoms with E-state index in [9.17, 15) is 4.79 Å². The van der Waals surface area contributed by atoms with Gasteiger partial charge in [-0.1, -0.05) is 30.3 Å². The summed E-state index contributed by atoms with van der Waals surface area (Å²) in [4.78, 5) is 10.7. The van der Waals surface area contributed by atoms with Crippen LogP contribution >= 0.6 is 0 Å². The van der Waals surface area contributed by atoms with Gasteiger partial charge in [0.1, 0.15) is 6.61 Å². The fraction of sp³-hybridized carbons (Fsp3) is 0.286. The molecule has 1 N–H and O–H groups in total. The number of esters is 1. The third-order valence-electron chi connectivity index (χ3n) is 2.21. The van der Waals surface area contributed by atoms with Crippen molar-refractivity contribution in [3.63, 3.8) is 0 Å². The van der Waals surface area contributed by atoms with Crippen LogP contribution in [0.15, 0.2) is 41.6 Å². The zero-order valence-electron chi connectivity index (χ0n) is 10.1. The number of rotatable bonds is 4. The molecule has 1 aromatic rings. The lowest BCUT2D eigenvalue weighted by atomic mass is 10.1. The van der Waals surface area contributed by atoms with E-state index in [1.165, 1.54) is 6.92 Å². The molecule has 1 rings (SSSR count). The molecule has 0 radical (unpaired) electrons. The van der Waals surface area contributed by atoms with Crippen molar-refractivity contribution in [3.8, 4) is 0 Å². The highest BCUT2D eigenvalue weighted by molar-refractivity contribution is 5.66. The molecule has 0 bridgehead atoms. The lowest BCUT2D eigenvalue weighted by Crippen LogP contribution is -2.05. The number of ether oxygens (including phenoxy) is 1. The van der Waals surface area contributed by atoms with E-state index >= 15 is 0 Å². The molecule has 0 saturated heterocycles. The zero-order valence-corrected chi connectivity index (χ0v) is 10.1. The smallest absolute Gasteiger partial charge is 0.302 e. The molecule has 0 aliphatic carbocycles. The predicted octanol–water partition coefficient (Wildman–Crippen LogP) is 2.17. The van der Waals surface area contributed by atoms with Crippen LogP contribution in [0.3, 0.4) is 0 Å². The average Bonchev–Trinajstić information content (AvgIpc) is 2.35. The van der Waals surface area contributed by atoms with Gasteiger partial charge in [-0.3, -0.25) is 4.79 Å². The molecule has 3 heteroatoms. The third-order valence-corrected chi connectivity index (χ3v) is 2.21. The second kappa shape index (κ2) is 6.69. The Balaban J connectivity index is 2.91. The van der Waals surface area contributed by atoms with Crippen molar-refractivity contribution in [2.45, 2.75) is 13.8 Å². The molecule has 0 heterocycles. The fourth-order valence-corrected chi connectivity index (χ4v) is 1.34. The van der Waals surface area contributed by atoms with E-state index in [0.717, 1.165) is 11.1 Å². The number of carbonyl (C=O) groups is 1. The summed E-state index contributed by atoms with van der Waals surface area (Å²) in [5.74, 6) is -0.366. The van der Waals surface area contributed by atoms with Gasteiger partial charge < -0.3 is 9.84 Å². The van der Waals surface area contributed by atoms with Gasteiger partial charge in [-0.25, -0.2) is 0 Å². The Morgan fingerprint density at radius 2 is 1.94 bits per heavy atom. The molecule has 1 aromatic carbocycles. The monoisotopic (exact) mass is 232 g/mol. The molecular formula is C14H16O3. The maximum absolute atomic E-state index is 10.7. The van der Waals surface area contributed by atoms with Crippen LogP contribution in [0, 0.1) is 0 Å². The third kappa shape index (κ3) is 4.68. The topological polar surface area (TPSA) is 46.5 Å². The molecule has 90 valence electrons. The summed E-state index contributed by atoms with van der Waals surface area (Å²) in [6.45, 7) is 3.15. The van der Waals surface area contributed by atoms with Crippen LogP contribution in [0.2, 0.25) is 0 Å². The number of hydrogen-bond donors (Lipinski definition) is 1. The van der Waals surface area contributed by atoms with Gasteiger partial charge in [-0.2, -0.15) is 0 Å². The van der Waals surface area contributed by atoms with Crippen molar-refractivity contribution in [1.29, 1.82) is 0 Å². The maximum Gasteiger partial charge on any atom is 0.302 e. The Hall–Kier alpha value is -1.83. The molecule has 17 heavy (non-hydrogen) atoms. The number of aliphatic hydroxyl groups excluding tert-OH is 1. The first-order valence-corrected chi connectivity index (χ1v) is 5.38. The molecule has 0 saturated carbocycles. The molecule has 0 aromatic heterocycles. The van der Waals surface area contributed by atoms with Crippen molar-refractivity contribution in [3.05, 3.63) is 47.2 Å². The Labute approximate surface area is 101 Å². The largest absolute Gasteiger partial charge is 0.461 e. The highest BCUT2D eigenvalue weighted by Crippen LogP contribution is 2.12. The zero-order chi connectivity index (χ0) is 12.7. The minimum absolute atomic E-state index is 0.0794. The van der Waals surface area contributed by atoms with Crippen LogP contribution in [-0.4, -0.2) is 24.3 Å². The van der Waals surface area contributed by atoms with Crippen molar-refractivity contribution in [1.82, 2.24) is 0 Å². The summed E-state index contributed by atoms with van der Waals surface area (Å²) in [6.07, 6.45) is 0. The Bertz CT molecular complexity index is 440. The molecule has 0 aliphatic rings. The number of benzene rings is 1. The Kier molecular flexibility index (Phi) is 5.21. The molecular weight excluding hydrogens is 216 g/mol. The van der Waals surface area contributed by atoms with E-state index in [2.05, 4.69) is 5.73 Å². The van der Waals surface area contributed by atoms with E-state index in [1.54, 1.807) is 0 Å². The molecule has 0 amide bonds. The summed E-state index contributed by atoms with van der Waals surface area (Å²) in [6, 6.07) is 9.73. The quantitative estimate of drug-likeness (QED) is 0.639. The van der Waals surface area contributed by atoms with Gasteiger partial charge in [0, 0.05) is 12.5 Å². The number of aliphatic hydroxyl groups is 1. The van der Waals surface area contributed by atoms with Crippen LogP contribution in [0.1, 0.15) is 19.4 Å². The fourth-order valence-electron chi connectivity index (χ4n) is 1.34. The van der Waals surface area contributed by atoms with Crippen LogP contribution in [0.25, 0.3) is 5.57 Å². The summed E-state index contributed by atoms with van der Waals surface area (Å²) in [7, 11) is 0. The lowest BCUT2D eigenvalue weighted by molar-refractivity contribution is -0.140. The normalized spacial score (nSPS) is 9.35. The summed E-state index contributed by atoms with van der Waals surface area (Å²) in [5, 5.41) is 9.13. The summed E-state index contributed by atoms with van der Waals surface area (Å²) < 4.78 is 4.82. The van der Waals surface area contributed by atoms with E-state index < -0.39 is 0 Å². The predicted molar refractivity (Wildman–Crippen MR) is 66.3 cm³/mol. The van der Waals surface area contributed by atoms with Gasteiger partial charge >= 0.3 is 5.97 Å². The molecule has 0 spiro atoms. The first-order valence-electron chi connectivity index (χ1n) is 5.38. The molecule has 0 fully saturated rings. The highest BCUT2D eigenvalue weighted by atomic mass is 16.5. The van der Waals surface area contributed by atoms with Gasteiger partial charge in [0.2, 0.25) is 0 Å². The average molecular weight is 232 g/mol. The second-order valence-electron chi connectivity index (χ2n) is 3.66. The van der Waals surface area contributed by atoms with Gasteiger partial charge in [0.15, 0.2) is 0 Å². The van der Waals surface area contributed by atoms with Crippen molar-refractivity contribution < 1.29 is 14.6 Å². The second-order valence-corrected chi connectivity index (χ2v) is 3.66. The van der Waals surface area contributed by atoms with Crippen molar-refractivity contribution in [2.24, 2.45) is 0 Å². The van der Waals surface area contributed by atoms with Crippen molar-refractivity contribution >= 4 is 11.5 Å². The maximum atomic E-state index is 10.7. The standard InChI is InChI=1S/C14H16O3/c1-11(14-6-4-3-5-7-14)8-13(9-15)10-17-12(2)16/h3-7,15H,9-10H2,1-2H3. The van der Waals surface area contributed by atoms with Gasteiger partial charge in [-0.05, 0) is 18.1 Å². The van der Waals surface area contributed by atoms with Crippen LogP contribution in [0.4, 0.5) is 0 Å². The minimum Gasteiger partial charge on any atom is -0.461 e. The van der Waals surface area contributed by atoms with E-state index in [-0.39, 0.29) is 19.2 Å². The highest BCUT2D eigenvalue weighted by Gasteiger charge is 1.99. The molecule has 0 atom stereocenters. The number of hydrogen-bond acceptors (Lipinski definition) is 3. The van der Waals surface area contributed by atoms with Crippen LogP contribution < -0.4 is 0 Å². The van der Waals surface area contributed by atoms with Crippen LogP contribution in [0.5, 0.6) is 0 Å².